The van der Waals surface area contributed by atoms with Gasteiger partial charge >= 0.3 is 5.69 Å². The van der Waals surface area contributed by atoms with Crippen LogP contribution >= 0.6 is 0 Å². The van der Waals surface area contributed by atoms with Gasteiger partial charge in [-0.15, -0.1) is 0 Å². The van der Waals surface area contributed by atoms with E-state index in [9.17, 15) is 10.1 Å². The van der Waals surface area contributed by atoms with Gasteiger partial charge in [-0.3, -0.25) is 10.1 Å². The summed E-state index contributed by atoms with van der Waals surface area (Å²) in [5.74, 6) is 0.282. The topological polar surface area (TPSA) is 69.3 Å². The normalized spacial score (nSPS) is 10.6. The van der Waals surface area contributed by atoms with E-state index < -0.39 is 4.92 Å². The molecule has 2 aromatic rings. The van der Waals surface area contributed by atoms with E-state index in [1.54, 1.807) is 12.1 Å². The second-order valence-corrected chi connectivity index (χ2v) is 4.67. The highest BCUT2D eigenvalue weighted by Crippen LogP contribution is 2.27. The smallest absolute Gasteiger partial charge is 0.311 e. The Morgan fingerprint density at radius 1 is 1.38 bits per heavy atom. The van der Waals surface area contributed by atoms with Gasteiger partial charge < -0.3 is 14.6 Å². The number of ether oxygens (including phenoxy) is 1. The zero-order valence-corrected chi connectivity index (χ0v) is 12.2. The molecule has 0 fully saturated rings. The Morgan fingerprint density at radius 2 is 2.19 bits per heavy atom. The summed E-state index contributed by atoms with van der Waals surface area (Å²) in [6.07, 6.45) is 1.97. The number of nitrogens with zero attached hydrogens (tertiary/aromatic N) is 2. The lowest BCUT2D eigenvalue weighted by Gasteiger charge is -2.10. The first kappa shape index (κ1) is 15.1. The van der Waals surface area contributed by atoms with Gasteiger partial charge in [-0.2, -0.15) is 0 Å². The molecule has 0 saturated carbocycles. The van der Waals surface area contributed by atoms with Gasteiger partial charge in [-0.25, -0.2) is 0 Å². The summed E-state index contributed by atoms with van der Waals surface area (Å²) < 4.78 is 7.09. The molecule has 21 heavy (non-hydrogen) atoms. The van der Waals surface area contributed by atoms with E-state index in [0.717, 1.165) is 24.3 Å². The van der Waals surface area contributed by atoms with E-state index >= 15 is 0 Å². The van der Waals surface area contributed by atoms with Crippen LogP contribution in [0.5, 0.6) is 5.75 Å². The monoisotopic (exact) mass is 289 g/mol. The van der Waals surface area contributed by atoms with Crippen molar-refractivity contribution in [2.45, 2.75) is 20.0 Å². The zero-order valence-electron chi connectivity index (χ0n) is 12.2. The van der Waals surface area contributed by atoms with Crippen LogP contribution in [0.3, 0.4) is 0 Å². The van der Waals surface area contributed by atoms with E-state index in [1.807, 2.05) is 24.4 Å². The van der Waals surface area contributed by atoms with Gasteiger partial charge in [0.25, 0.3) is 0 Å². The molecule has 0 amide bonds. The summed E-state index contributed by atoms with van der Waals surface area (Å²) in [5, 5.41) is 14.3. The third kappa shape index (κ3) is 3.61. The molecule has 0 bridgehead atoms. The summed E-state index contributed by atoms with van der Waals surface area (Å²) in [7, 11) is 1.43. The predicted molar refractivity (Wildman–Crippen MR) is 80.6 cm³/mol. The molecule has 6 heteroatoms. The SMILES string of the molecule is CCNCc1cccn1Cc1ccc(OC)c([N+](=O)[O-])c1. The molecular formula is C15H19N3O3. The van der Waals surface area contributed by atoms with Gasteiger partial charge in [0.2, 0.25) is 0 Å². The zero-order chi connectivity index (χ0) is 15.2. The van der Waals surface area contributed by atoms with Crippen molar-refractivity contribution >= 4 is 5.69 Å². The van der Waals surface area contributed by atoms with Gasteiger partial charge in [0.15, 0.2) is 5.75 Å². The second-order valence-electron chi connectivity index (χ2n) is 4.67. The third-order valence-corrected chi connectivity index (χ3v) is 3.27. The third-order valence-electron chi connectivity index (χ3n) is 3.27. The van der Waals surface area contributed by atoms with Gasteiger partial charge in [0.1, 0.15) is 0 Å². The van der Waals surface area contributed by atoms with Crippen LogP contribution in [0.15, 0.2) is 36.5 Å². The molecule has 0 aliphatic rings. The first-order valence-corrected chi connectivity index (χ1v) is 6.81. The number of hydrogen-bond donors (Lipinski definition) is 1. The highest BCUT2D eigenvalue weighted by atomic mass is 16.6. The molecule has 112 valence electrons. The molecule has 0 aliphatic carbocycles. The lowest BCUT2D eigenvalue weighted by Crippen LogP contribution is -2.15. The van der Waals surface area contributed by atoms with Crippen molar-refractivity contribution in [3.8, 4) is 5.75 Å². The molecular weight excluding hydrogens is 270 g/mol. The largest absolute Gasteiger partial charge is 0.490 e. The standard InChI is InChI=1S/C15H19N3O3/c1-3-16-10-13-5-4-8-17(13)11-12-6-7-15(21-2)14(9-12)18(19)20/h4-9,16H,3,10-11H2,1-2H3. The van der Waals surface area contributed by atoms with E-state index in [0.29, 0.717) is 6.54 Å². The van der Waals surface area contributed by atoms with E-state index in [1.165, 1.54) is 7.11 Å². The van der Waals surface area contributed by atoms with E-state index in [-0.39, 0.29) is 11.4 Å². The number of rotatable bonds is 7. The van der Waals surface area contributed by atoms with E-state index in [4.69, 9.17) is 4.74 Å². The Hall–Kier alpha value is -2.34. The van der Waals surface area contributed by atoms with Crippen LogP contribution in [-0.2, 0) is 13.1 Å². The molecule has 1 N–H and O–H groups in total. The molecule has 1 aromatic heterocycles. The average Bonchev–Trinajstić information content (AvgIpc) is 2.92. The maximum atomic E-state index is 11.1. The molecule has 0 radical (unpaired) electrons. The molecule has 2 rings (SSSR count). The first-order chi connectivity index (χ1) is 10.2. The van der Waals surface area contributed by atoms with Crippen LogP contribution < -0.4 is 10.1 Å². The maximum Gasteiger partial charge on any atom is 0.311 e. The Kier molecular flexibility index (Phi) is 4.94. The van der Waals surface area contributed by atoms with Crippen LogP contribution in [0.1, 0.15) is 18.2 Å². The Bertz CT molecular complexity index is 622. The molecule has 6 nitrogen and oxygen atoms in total. The lowest BCUT2D eigenvalue weighted by atomic mass is 10.2. The van der Waals surface area contributed by atoms with Crippen LogP contribution in [0.4, 0.5) is 5.69 Å². The quantitative estimate of drug-likeness (QED) is 0.628. The molecule has 1 heterocycles. The van der Waals surface area contributed by atoms with Gasteiger partial charge in [0.05, 0.1) is 12.0 Å². The lowest BCUT2D eigenvalue weighted by molar-refractivity contribution is -0.385. The summed E-state index contributed by atoms with van der Waals surface area (Å²) >= 11 is 0. The minimum atomic E-state index is -0.419. The van der Waals surface area contributed by atoms with Gasteiger partial charge in [-0.1, -0.05) is 13.0 Å². The average molecular weight is 289 g/mol. The Balaban J connectivity index is 2.22. The van der Waals surface area contributed by atoms with Crippen molar-refractivity contribution in [3.05, 3.63) is 57.9 Å². The van der Waals surface area contributed by atoms with Crippen molar-refractivity contribution in [2.75, 3.05) is 13.7 Å². The number of nitro benzene ring substituents is 1. The van der Waals surface area contributed by atoms with Crippen LogP contribution in [0, 0.1) is 10.1 Å². The number of benzene rings is 1. The van der Waals surface area contributed by atoms with Crippen molar-refractivity contribution < 1.29 is 9.66 Å². The van der Waals surface area contributed by atoms with Gasteiger partial charge in [0, 0.05) is 31.0 Å². The minimum Gasteiger partial charge on any atom is -0.490 e. The fourth-order valence-electron chi connectivity index (χ4n) is 2.19. The summed E-state index contributed by atoms with van der Waals surface area (Å²) in [4.78, 5) is 10.6. The number of nitro groups is 1. The fraction of sp³-hybridized carbons (Fsp3) is 0.333. The van der Waals surface area contributed by atoms with Crippen molar-refractivity contribution in [2.24, 2.45) is 0 Å². The molecule has 1 aromatic carbocycles. The molecule has 0 atom stereocenters. The molecule has 0 spiro atoms. The number of hydrogen-bond acceptors (Lipinski definition) is 4. The number of nitrogens with one attached hydrogen (secondary N) is 1. The van der Waals surface area contributed by atoms with Crippen molar-refractivity contribution in [3.63, 3.8) is 0 Å². The fourth-order valence-corrected chi connectivity index (χ4v) is 2.19. The van der Waals surface area contributed by atoms with Gasteiger partial charge in [-0.05, 0) is 30.3 Å². The van der Waals surface area contributed by atoms with Crippen molar-refractivity contribution in [1.29, 1.82) is 0 Å². The summed E-state index contributed by atoms with van der Waals surface area (Å²) in [6.45, 7) is 4.33. The van der Waals surface area contributed by atoms with Crippen LogP contribution in [0.2, 0.25) is 0 Å². The van der Waals surface area contributed by atoms with Crippen LogP contribution in [0.25, 0.3) is 0 Å². The number of aromatic nitrogens is 1. The molecule has 0 saturated heterocycles. The second kappa shape index (κ2) is 6.90. The predicted octanol–water partition coefficient (Wildman–Crippen LogP) is 2.56. The van der Waals surface area contributed by atoms with Crippen LogP contribution in [-0.4, -0.2) is 23.1 Å². The first-order valence-electron chi connectivity index (χ1n) is 6.81. The summed E-state index contributed by atoms with van der Waals surface area (Å²) in [6, 6.07) is 9.07. The highest BCUT2D eigenvalue weighted by Gasteiger charge is 2.15. The maximum absolute atomic E-state index is 11.1. The minimum absolute atomic E-state index is 0.00427. The highest BCUT2D eigenvalue weighted by molar-refractivity contribution is 5.48. The Labute approximate surface area is 123 Å². The molecule has 0 unspecified atom stereocenters. The number of methoxy groups -OCH3 is 1. The summed E-state index contributed by atoms with van der Waals surface area (Å²) in [5.41, 5.74) is 2.02. The molecule has 0 aliphatic heterocycles. The van der Waals surface area contributed by atoms with E-state index in [2.05, 4.69) is 16.8 Å². The Morgan fingerprint density at radius 3 is 2.86 bits per heavy atom. The van der Waals surface area contributed by atoms with Crippen molar-refractivity contribution in [1.82, 2.24) is 9.88 Å².